The van der Waals surface area contributed by atoms with E-state index in [4.69, 9.17) is 24.4 Å². The zero-order valence-corrected chi connectivity index (χ0v) is 30.4. The van der Waals surface area contributed by atoms with Crippen molar-refractivity contribution in [2.24, 2.45) is 0 Å². The lowest BCUT2D eigenvalue weighted by Gasteiger charge is -2.16. The van der Waals surface area contributed by atoms with Crippen LogP contribution < -0.4 is 0 Å². The Bertz CT molecular complexity index is 3420. The molecule has 11 rings (SSSR count). The number of rotatable bonds is 5. The molecule has 11 aromatic rings. The van der Waals surface area contributed by atoms with Gasteiger partial charge in [-0.2, -0.15) is 5.26 Å². The Morgan fingerprint density at radius 1 is 0.386 bits per heavy atom. The van der Waals surface area contributed by atoms with Crippen LogP contribution in [0.5, 0.6) is 0 Å². The monoisotopic (exact) mass is 727 g/mol. The molecule has 0 radical (unpaired) electrons. The second-order valence-electron chi connectivity index (χ2n) is 14.1. The maximum Gasteiger partial charge on any atom is 0.164 e. The van der Waals surface area contributed by atoms with Crippen molar-refractivity contribution in [3.63, 3.8) is 0 Å². The average molecular weight is 728 g/mol. The van der Waals surface area contributed by atoms with E-state index in [1.807, 2.05) is 97.2 Å². The smallest absolute Gasteiger partial charge is 0.164 e. The first-order valence-electron chi connectivity index (χ1n) is 18.8. The number of para-hydroxylation sites is 1. The summed E-state index contributed by atoms with van der Waals surface area (Å²) in [5, 5.41) is 17.1. The summed E-state index contributed by atoms with van der Waals surface area (Å²) in [6.45, 7) is 0. The van der Waals surface area contributed by atoms with Crippen LogP contribution in [0.3, 0.4) is 0 Å². The largest absolute Gasteiger partial charge is 0.456 e. The van der Waals surface area contributed by atoms with Crippen molar-refractivity contribution in [1.29, 1.82) is 5.26 Å². The number of hydrogen-bond acceptors (Lipinski definition) is 6. The minimum Gasteiger partial charge on any atom is -0.456 e. The van der Waals surface area contributed by atoms with Crippen molar-refractivity contribution in [2.45, 2.75) is 0 Å². The molecule has 6 heteroatoms. The minimum atomic E-state index is 0.588. The van der Waals surface area contributed by atoms with Crippen LogP contribution in [0.4, 0.5) is 0 Å². The lowest BCUT2D eigenvalue weighted by molar-refractivity contribution is 0.669. The number of nitrogens with zero attached hydrogens (tertiary/aromatic N) is 5. The van der Waals surface area contributed by atoms with Crippen LogP contribution in [0.25, 0.3) is 111 Å². The third kappa shape index (κ3) is 5.49. The van der Waals surface area contributed by atoms with E-state index in [1.165, 1.54) is 0 Å². The van der Waals surface area contributed by atoms with E-state index in [-0.39, 0.29) is 0 Å². The summed E-state index contributed by atoms with van der Waals surface area (Å²) in [5.74, 6) is 1.78. The quantitative estimate of drug-likeness (QED) is 0.164. The molecule has 0 aliphatic rings. The molecule has 0 saturated heterocycles. The number of fused-ring (bicyclic) bond motifs is 8. The van der Waals surface area contributed by atoms with Crippen LogP contribution >= 0.6 is 0 Å². The van der Waals surface area contributed by atoms with Crippen LogP contribution in [0.1, 0.15) is 5.56 Å². The Kier molecular flexibility index (Phi) is 7.44. The summed E-state index contributed by atoms with van der Waals surface area (Å²) in [4.78, 5) is 20.1. The van der Waals surface area contributed by atoms with Gasteiger partial charge in [0, 0.05) is 44.6 Å². The highest BCUT2D eigenvalue weighted by atomic mass is 16.3. The molecule has 264 valence electrons. The molecular formula is C51H29N5O. The highest BCUT2D eigenvalue weighted by Gasteiger charge is 2.18. The molecule has 0 bridgehead atoms. The van der Waals surface area contributed by atoms with E-state index in [1.54, 1.807) is 0 Å². The number of furan rings is 1. The SMILES string of the molecule is N#Cc1ccc(-c2cc3c4ccccc4c(-c4cccc(-c5nc(-c6ccccc6)nc(-c6ccc7oc8ccccc8c7c6)n5)c4)cc3c3cccnc23)cc1. The van der Waals surface area contributed by atoms with Crippen LogP contribution in [0.2, 0.25) is 0 Å². The van der Waals surface area contributed by atoms with Crippen LogP contribution in [0, 0.1) is 11.3 Å². The fourth-order valence-corrected chi connectivity index (χ4v) is 8.05. The highest BCUT2D eigenvalue weighted by Crippen LogP contribution is 2.42. The molecule has 0 spiro atoms. The first kappa shape index (κ1) is 32.4. The summed E-state index contributed by atoms with van der Waals surface area (Å²) in [7, 11) is 0. The summed E-state index contributed by atoms with van der Waals surface area (Å²) in [6, 6.07) is 59.9. The van der Waals surface area contributed by atoms with Gasteiger partial charge in [0.1, 0.15) is 11.2 Å². The van der Waals surface area contributed by atoms with E-state index in [0.29, 0.717) is 23.0 Å². The van der Waals surface area contributed by atoms with Crippen LogP contribution in [0.15, 0.2) is 180 Å². The summed E-state index contributed by atoms with van der Waals surface area (Å²) >= 11 is 0. The number of aromatic nitrogens is 4. The molecule has 3 heterocycles. The number of pyridine rings is 1. The summed E-state index contributed by atoms with van der Waals surface area (Å²) < 4.78 is 6.13. The molecule has 0 unspecified atom stereocenters. The van der Waals surface area contributed by atoms with Gasteiger partial charge in [-0.1, -0.05) is 109 Å². The Labute approximate surface area is 327 Å². The first-order valence-corrected chi connectivity index (χ1v) is 18.8. The molecule has 0 aliphatic carbocycles. The lowest BCUT2D eigenvalue weighted by Crippen LogP contribution is -2.00. The Morgan fingerprint density at radius 3 is 1.79 bits per heavy atom. The van der Waals surface area contributed by atoms with Crippen LogP contribution in [-0.2, 0) is 0 Å². The van der Waals surface area contributed by atoms with Gasteiger partial charge in [0.2, 0.25) is 0 Å². The second kappa shape index (κ2) is 13.1. The van der Waals surface area contributed by atoms with Crippen molar-refractivity contribution in [3.8, 4) is 62.5 Å². The standard InChI is InChI=1S/C51H29N5O/c52-30-31-19-21-32(22-20-31)42-29-43-38-15-5-4-14-37(38)41(28-44(43)40-17-9-25-53-48(40)42)34-12-8-13-35(26-34)50-54-49(33-10-2-1-3-11-33)55-51(56-50)36-23-24-47-45(27-36)39-16-6-7-18-46(39)57-47/h1-29H. The number of benzene rings is 8. The fourth-order valence-electron chi connectivity index (χ4n) is 8.05. The third-order valence-corrected chi connectivity index (χ3v) is 10.8. The van der Waals surface area contributed by atoms with Gasteiger partial charge in [-0.05, 0) is 98.9 Å². The van der Waals surface area contributed by atoms with Gasteiger partial charge >= 0.3 is 0 Å². The van der Waals surface area contributed by atoms with Gasteiger partial charge in [0.05, 0.1) is 17.1 Å². The van der Waals surface area contributed by atoms with Crippen molar-refractivity contribution in [2.75, 3.05) is 0 Å². The zero-order valence-electron chi connectivity index (χ0n) is 30.4. The van der Waals surface area contributed by atoms with E-state index in [0.717, 1.165) is 93.3 Å². The molecule has 6 nitrogen and oxygen atoms in total. The van der Waals surface area contributed by atoms with E-state index in [9.17, 15) is 5.26 Å². The molecule has 3 aromatic heterocycles. The third-order valence-electron chi connectivity index (χ3n) is 10.8. The Balaban J connectivity index is 1.10. The molecular weight excluding hydrogens is 699 g/mol. The van der Waals surface area contributed by atoms with Gasteiger partial charge < -0.3 is 4.42 Å². The van der Waals surface area contributed by atoms with E-state index < -0.39 is 0 Å². The predicted octanol–water partition coefficient (Wildman–Crippen LogP) is 12.8. The Morgan fingerprint density at radius 2 is 0.982 bits per heavy atom. The lowest BCUT2D eigenvalue weighted by atomic mass is 9.88. The molecule has 0 atom stereocenters. The van der Waals surface area contributed by atoms with Crippen LogP contribution in [-0.4, -0.2) is 19.9 Å². The zero-order chi connectivity index (χ0) is 37.9. The minimum absolute atomic E-state index is 0.588. The second-order valence-corrected chi connectivity index (χ2v) is 14.1. The van der Waals surface area contributed by atoms with Gasteiger partial charge in [0.25, 0.3) is 0 Å². The maximum absolute atomic E-state index is 9.43. The number of hydrogen-bond donors (Lipinski definition) is 0. The van der Waals surface area contributed by atoms with Crippen molar-refractivity contribution in [1.82, 2.24) is 19.9 Å². The molecule has 0 fully saturated rings. The first-order chi connectivity index (χ1) is 28.2. The van der Waals surface area contributed by atoms with Crippen molar-refractivity contribution >= 4 is 54.4 Å². The highest BCUT2D eigenvalue weighted by molar-refractivity contribution is 6.23. The maximum atomic E-state index is 9.43. The van der Waals surface area contributed by atoms with Gasteiger partial charge in [-0.25, -0.2) is 15.0 Å². The summed E-state index contributed by atoms with van der Waals surface area (Å²) in [5.41, 5.74) is 10.1. The number of nitriles is 1. The molecule has 0 N–H and O–H groups in total. The van der Waals surface area contributed by atoms with Crippen molar-refractivity contribution < 1.29 is 4.42 Å². The molecule has 0 saturated carbocycles. The average Bonchev–Trinajstić information content (AvgIpc) is 3.67. The van der Waals surface area contributed by atoms with Crippen molar-refractivity contribution in [3.05, 3.63) is 182 Å². The van der Waals surface area contributed by atoms with Gasteiger partial charge in [-0.3, -0.25) is 4.98 Å². The van der Waals surface area contributed by atoms with E-state index in [2.05, 4.69) is 84.9 Å². The van der Waals surface area contributed by atoms with Gasteiger partial charge in [0.15, 0.2) is 17.5 Å². The topological polar surface area (TPSA) is 88.5 Å². The predicted molar refractivity (Wildman–Crippen MR) is 229 cm³/mol. The normalized spacial score (nSPS) is 11.5. The summed E-state index contributed by atoms with van der Waals surface area (Å²) in [6.07, 6.45) is 1.84. The molecule has 8 aromatic carbocycles. The van der Waals surface area contributed by atoms with Gasteiger partial charge in [-0.15, -0.1) is 0 Å². The molecule has 57 heavy (non-hydrogen) atoms. The molecule has 0 aliphatic heterocycles. The Hall–Kier alpha value is -8.01. The molecule has 0 amide bonds. The van der Waals surface area contributed by atoms with E-state index >= 15 is 0 Å². The fraction of sp³-hybridized carbons (Fsp3) is 0.